The summed E-state index contributed by atoms with van der Waals surface area (Å²) < 4.78 is 6.50. The molecule has 2 nitrogen and oxygen atoms in total. The first-order valence-corrected chi connectivity index (χ1v) is 18.9. The first kappa shape index (κ1) is 31.4. The first-order valence-electron chi connectivity index (χ1n) is 18.9. The molecule has 0 amide bonds. The molecule has 0 aliphatic heterocycles. The molecule has 1 aliphatic rings. The third-order valence-electron chi connectivity index (χ3n) is 11.5. The van der Waals surface area contributed by atoms with Crippen LogP contribution < -0.4 is 4.90 Å². The lowest BCUT2D eigenvalue weighted by Gasteiger charge is -2.34. The standard InChI is InChI=1S/C53H35NO/c1-4-15-36(16-5-1)37-27-30-41(31-28-37)54(42-32-34-49-45(35-42)51-43-22-11-10-17-38(43)29-33-50(51)55-49)48-26-14-25-47-52(48)44-23-12-13-24-46(44)53(47,39-18-6-2-7-19-39)40-20-8-3-9-21-40/h1-35H. The van der Waals surface area contributed by atoms with Gasteiger partial charge in [-0.15, -0.1) is 0 Å². The molecule has 1 aliphatic carbocycles. The van der Waals surface area contributed by atoms with Crippen molar-refractivity contribution < 1.29 is 4.42 Å². The van der Waals surface area contributed by atoms with Crippen LogP contribution >= 0.6 is 0 Å². The van der Waals surface area contributed by atoms with Crippen LogP contribution in [0.1, 0.15) is 22.3 Å². The molecule has 1 aromatic heterocycles. The van der Waals surface area contributed by atoms with Crippen LogP contribution in [0, 0.1) is 0 Å². The highest BCUT2D eigenvalue weighted by Gasteiger charge is 2.47. The van der Waals surface area contributed by atoms with Gasteiger partial charge in [0.05, 0.1) is 11.1 Å². The van der Waals surface area contributed by atoms with Gasteiger partial charge in [-0.3, -0.25) is 0 Å². The number of hydrogen-bond donors (Lipinski definition) is 0. The fourth-order valence-corrected chi connectivity index (χ4v) is 9.20. The molecular formula is C53H35NO. The Morgan fingerprint density at radius 3 is 1.76 bits per heavy atom. The van der Waals surface area contributed by atoms with E-state index in [1.807, 2.05) is 0 Å². The predicted molar refractivity (Wildman–Crippen MR) is 229 cm³/mol. The van der Waals surface area contributed by atoms with Gasteiger partial charge >= 0.3 is 0 Å². The maximum Gasteiger partial charge on any atom is 0.136 e. The van der Waals surface area contributed by atoms with Crippen molar-refractivity contribution in [2.75, 3.05) is 4.90 Å². The number of benzene rings is 9. The van der Waals surface area contributed by atoms with Gasteiger partial charge in [-0.1, -0.05) is 170 Å². The second-order valence-corrected chi connectivity index (χ2v) is 14.4. The van der Waals surface area contributed by atoms with E-state index in [0.29, 0.717) is 0 Å². The van der Waals surface area contributed by atoms with Gasteiger partial charge in [-0.05, 0) is 92.2 Å². The summed E-state index contributed by atoms with van der Waals surface area (Å²) in [4.78, 5) is 2.44. The molecule has 258 valence electrons. The van der Waals surface area contributed by atoms with Gasteiger partial charge in [-0.25, -0.2) is 0 Å². The molecule has 9 aromatic carbocycles. The lowest BCUT2D eigenvalue weighted by Crippen LogP contribution is -2.28. The van der Waals surface area contributed by atoms with Crippen LogP contribution in [-0.2, 0) is 5.41 Å². The van der Waals surface area contributed by atoms with E-state index < -0.39 is 5.41 Å². The van der Waals surface area contributed by atoms with Crippen LogP contribution in [0.25, 0.3) is 55.0 Å². The average molecular weight is 702 g/mol. The Kier molecular flexibility index (Phi) is 7.11. The quantitative estimate of drug-likeness (QED) is 0.172. The van der Waals surface area contributed by atoms with Gasteiger partial charge in [0.2, 0.25) is 0 Å². The molecule has 10 aromatic rings. The van der Waals surface area contributed by atoms with Crippen molar-refractivity contribution in [1.29, 1.82) is 0 Å². The third kappa shape index (κ3) is 4.75. The number of anilines is 3. The second-order valence-electron chi connectivity index (χ2n) is 14.4. The summed E-state index contributed by atoms with van der Waals surface area (Å²) in [5, 5.41) is 4.64. The Balaban J connectivity index is 1.21. The van der Waals surface area contributed by atoms with Crippen molar-refractivity contribution >= 4 is 49.8 Å². The summed E-state index contributed by atoms with van der Waals surface area (Å²) in [7, 11) is 0. The smallest absolute Gasteiger partial charge is 0.136 e. The fourth-order valence-electron chi connectivity index (χ4n) is 9.20. The molecule has 0 fully saturated rings. The Morgan fingerprint density at radius 2 is 1.00 bits per heavy atom. The number of rotatable bonds is 6. The van der Waals surface area contributed by atoms with Gasteiger partial charge in [0.25, 0.3) is 0 Å². The lowest BCUT2D eigenvalue weighted by molar-refractivity contribution is 0.669. The van der Waals surface area contributed by atoms with Crippen LogP contribution in [0.4, 0.5) is 17.1 Å². The zero-order valence-electron chi connectivity index (χ0n) is 30.1. The Hall–Kier alpha value is -7.16. The van der Waals surface area contributed by atoms with Gasteiger partial charge in [0.1, 0.15) is 11.2 Å². The van der Waals surface area contributed by atoms with Crippen LogP contribution in [0.5, 0.6) is 0 Å². The van der Waals surface area contributed by atoms with E-state index in [2.05, 4.69) is 217 Å². The Labute approximate surface area is 320 Å². The fraction of sp³-hybridized carbons (Fsp3) is 0.0189. The van der Waals surface area contributed by atoms with E-state index in [-0.39, 0.29) is 0 Å². The SMILES string of the molecule is c1ccc(-c2ccc(N(c3ccc4oc5ccc6ccccc6c5c4c3)c3cccc4c3-c3ccccc3C4(c3ccccc3)c3ccccc3)cc2)cc1. The number of nitrogens with zero attached hydrogens (tertiary/aromatic N) is 1. The van der Waals surface area contributed by atoms with Gasteiger partial charge in [0, 0.05) is 27.7 Å². The maximum atomic E-state index is 6.50. The van der Waals surface area contributed by atoms with Crippen molar-refractivity contribution in [2.45, 2.75) is 5.41 Å². The van der Waals surface area contributed by atoms with Gasteiger partial charge in [0.15, 0.2) is 0 Å². The minimum absolute atomic E-state index is 0.503. The molecule has 0 atom stereocenters. The Morgan fingerprint density at radius 1 is 0.400 bits per heavy atom. The van der Waals surface area contributed by atoms with Crippen LogP contribution in [0.2, 0.25) is 0 Å². The van der Waals surface area contributed by atoms with E-state index in [9.17, 15) is 0 Å². The summed E-state index contributed by atoms with van der Waals surface area (Å²) in [6.07, 6.45) is 0. The molecule has 11 rings (SSSR count). The maximum absolute atomic E-state index is 6.50. The molecule has 0 unspecified atom stereocenters. The van der Waals surface area contributed by atoms with Crippen molar-refractivity contribution in [1.82, 2.24) is 0 Å². The first-order chi connectivity index (χ1) is 27.3. The molecule has 0 N–H and O–H groups in total. The molecule has 0 radical (unpaired) electrons. The summed E-state index contributed by atoms with van der Waals surface area (Å²) >= 11 is 0. The molecule has 1 heterocycles. The predicted octanol–water partition coefficient (Wildman–Crippen LogP) is 14.2. The van der Waals surface area contributed by atoms with E-state index in [0.717, 1.165) is 39.0 Å². The molecule has 0 spiro atoms. The monoisotopic (exact) mass is 701 g/mol. The van der Waals surface area contributed by atoms with E-state index in [1.54, 1.807) is 0 Å². The van der Waals surface area contributed by atoms with Crippen molar-refractivity contribution in [3.63, 3.8) is 0 Å². The van der Waals surface area contributed by atoms with Gasteiger partial charge in [-0.2, -0.15) is 0 Å². The average Bonchev–Trinajstić information content (AvgIpc) is 3.79. The molecule has 55 heavy (non-hydrogen) atoms. The van der Waals surface area contributed by atoms with Crippen molar-refractivity contribution in [2.24, 2.45) is 0 Å². The number of furan rings is 1. The summed E-state index contributed by atoms with van der Waals surface area (Å²) in [6.45, 7) is 0. The lowest BCUT2D eigenvalue weighted by atomic mass is 9.68. The van der Waals surface area contributed by atoms with Crippen LogP contribution in [-0.4, -0.2) is 0 Å². The zero-order chi connectivity index (χ0) is 36.3. The minimum Gasteiger partial charge on any atom is -0.456 e. The number of hydrogen-bond acceptors (Lipinski definition) is 2. The van der Waals surface area contributed by atoms with Gasteiger partial charge < -0.3 is 9.32 Å². The second kappa shape index (κ2) is 12.5. The zero-order valence-corrected chi connectivity index (χ0v) is 30.1. The molecule has 0 bridgehead atoms. The highest BCUT2D eigenvalue weighted by Crippen LogP contribution is 2.59. The minimum atomic E-state index is -0.503. The van der Waals surface area contributed by atoms with Crippen LogP contribution in [0.3, 0.4) is 0 Å². The molecule has 0 saturated heterocycles. The van der Waals surface area contributed by atoms with Crippen molar-refractivity contribution in [3.8, 4) is 22.3 Å². The van der Waals surface area contributed by atoms with Crippen LogP contribution in [0.15, 0.2) is 217 Å². The molecule has 0 saturated carbocycles. The van der Waals surface area contributed by atoms with E-state index >= 15 is 0 Å². The van der Waals surface area contributed by atoms with E-state index in [1.165, 1.54) is 55.3 Å². The third-order valence-corrected chi connectivity index (χ3v) is 11.5. The normalized spacial score (nSPS) is 12.9. The van der Waals surface area contributed by atoms with Crippen molar-refractivity contribution in [3.05, 3.63) is 235 Å². The molecule has 2 heteroatoms. The largest absolute Gasteiger partial charge is 0.456 e. The highest BCUT2D eigenvalue weighted by atomic mass is 16.3. The summed E-state index contributed by atoms with van der Waals surface area (Å²) in [5.41, 5.74) is 14.5. The van der Waals surface area contributed by atoms with E-state index in [4.69, 9.17) is 4.42 Å². The Bertz CT molecular complexity index is 2980. The summed E-state index contributed by atoms with van der Waals surface area (Å²) in [5.74, 6) is 0. The number of fused-ring (bicyclic) bond motifs is 8. The topological polar surface area (TPSA) is 16.4 Å². The highest BCUT2D eigenvalue weighted by molar-refractivity contribution is 6.19. The summed E-state index contributed by atoms with van der Waals surface area (Å²) in [6, 6.07) is 77.0. The molecular weight excluding hydrogens is 667 g/mol.